The van der Waals surface area contributed by atoms with Gasteiger partial charge in [-0.1, -0.05) is 36.4 Å². The van der Waals surface area contributed by atoms with E-state index in [4.69, 9.17) is 9.97 Å². The predicted octanol–water partition coefficient (Wildman–Crippen LogP) is 5.85. The lowest BCUT2D eigenvalue weighted by molar-refractivity contribution is 0.297. The molecule has 7 aromatic rings. The summed E-state index contributed by atoms with van der Waals surface area (Å²) in [4.78, 5) is 24.4. The van der Waals surface area contributed by atoms with Crippen molar-refractivity contribution in [3.8, 4) is 33.9 Å². The highest BCUT2D eigenvalue weighted by Crippen LogP contribution is 2.29. The van der Waals surface area contributed by atoms with E-state index in [0.29, 0.717) is 6.42 Å². The number of hydrogen-bond acceptors (Lipinski definition) is 4. The van der Waals surface area contributed by atoms with Crippen LogP contribution < -0.4 is 0 Å². The van der Waals surface area contributed by atoms with Gasteiger partial charge in [-0.2, -0.15) is 0 Å². The fourth-order valence-electron chi connectivity index (χ4n) is 4.67. The zero-order valence-corrected chi connectivity index (χ0v) is 19.3. The molecule has 0 aliphatic heterocycles. The summed E-state index contributed by atoms with van der Waals surface area (Å²) in [5.74, 6) is 2.38. The fraction of sp³-hybridized carbons (Fsp3) is 0.0690. The molecule has 3 aromatic heterocycles. The Kier molecular flexibility index (Phi) is 4.68. The molecule has 3 heterocycles. The molecule has 0 saturated carbocycles. The van der Waals surface area contributed by atoms with Gasteiger partial charge in [0.1, 0.15) is 17.5 Å². The Labute approximate surface area is 205 Å². The summed E-state index contributed by atoms with van der Waals surface area (Å²) in [7, 11) is 0. The van der Waals surface area contributed by atoms with Crippen molar-refractivity contribution < 1.29 is 5.11 Å². The van der Waals surface area contributed by atoms with Crippen molar-refractivity contribution in [2.75, 3.05) is 6.61 Å². The van der Waals surface area contributed by atoms with Gasteiger partial charge >= 0.3 is 0 Å². The van der Waals surface area contributed by atoms with E-state index >= 15 is 0 Å². The minimum atomic E-state index is 0.0675. The van der Waals surface area contributed by atoms with Crippen LogP contribution in [0.5, 0.6) is 0 Å². The number of hydrogen-bond donors (Lipinski definition) is 4. The van der Waals surface area contributed by atoms with Crippen LogP contribution in [-0.2, 0) is 6.42 Å². The maximum absolute atomic E-state index is 9.18. The second kappa shape index (κ2) is 8.18. The molecule has 0 radical (unpaired) electrons. The molecule has 4 aromatic carbocycles. The first-order valence-electron chi connectivity index (χ1n) is 11.9. The quantitative estimate of drug-likeness (QED) is 0.253. The Bertz CT molecular complexity index is 1860. The van der Waals surface area contributed by atoms with Crippen molar-refractivity contribution in [1.82, 2.24) is 29.9 Å². The van der Waals surface area contributed by atoms with Crippen LogP contribution in [-0.4, -0.2) is 41.6 Å². The summed E-state index contributed by atoms with van der Waals surface area (Å²) < 4.78 is 0. The van der Waals surface area contributed by atoms with Crippen LogP contribution in [0.1, 0.15) is 5.82 Å². The van der Waals surface area contributed by atoms with Crippen LogP contribution in [0.4, 0.5) is 0 Å². The molecule has 174 valence electrons. The summed E-state index contributed by atoms with van der Waals surface area (Å²) in [5.41, 5.74) is 9.82. The van der Waals surface area contributed by atoms with Gasteiger partial charge in [0.05, 0.1) is 39.7 Å². The van der Waals surface area contributed by atoms with Gasteiger partial charge in [0.2, 0.25) is 0 Å². The third-order valence-corrected chi connectivity index (χ3v) is 6.50. The first-order chi connectivity index (χ1) is 17.7. The largest absolute Gasteiger partial charge is 0.396 e. The number of rotatable bonds is 5. The highest BCUT2D eigenvalue weighted by Gasteiger charge is 2.12. The van der Waals surface area contributed by atoms with Gasteiger partial charge in [0.25, 0.3) is 0 Å². The Morgan fingerprint density at radius 1 is 0.528 bits per heavy atom. The number of aromatic amines is 3. The normalized spacial score (nSPS) is 11.7. The van der Waals surface area contributed by atoms with Crippen molar-refractivity contribution in [2.45, 2.75) is 6.42 Å². The first kappa shape index (κ1) is 20.6. The average Bonchev–Trinajstić information content (AvgIpc) is 3.63. The van der Waals surface area contributed by atoms with Crippen LogP contribution in [0.15, 0.2) is 84.9 Å². The van der Waals surface area contributed by atoms with Gasteiger partial charge in [0, 0.05) is 17.5 Å². The zero-order chi connectivity index (χ0) is 24.1. The maximum Gasteiger partial charge on any atom is 0.138 e. The maximum atomic E-state index is 9.18. The molecule has 0 aliphatic carbocycles. The molecule has 36 heavy (non-hydrogen) atoms. The highest BCUT2D eigenvalue weighted by molar-refractivity contribution is 5.88. The van der Waals surface area contributed by atoms with Crippen molar-refractivity contribution in [2.24, 2.45) is 0 Å². The molecule has 7 rings (SSSR count). The highest BCUT2D eigenvalue weighted by atomic mass is 16.3. The number of nitrogens with zero attached hydrogens (tertiary/aromatic N) is 3. The van der Waals surface area contributed by atoms with Gasteiger partial charge in [-0.05, 0) is 59.7 Å². The fourth-order valence-corrected chi connectivity index (χ4v) is 4.67. The number of H-pyrrole nitrogens is 3. The number of fused-ring (bicyclic) bond motifs is 3. The van der Waals surface area contributed by atoms with E-state index in [-0.39, 0.29) is 6.61 Å². The second-order valence-electron chi connectivity index (χ2n) is 8.89. The molecule has 0 fully saturated rings. The number of aliphatic hydroxyl groups excluding tert-OH is 1. The minimum Gasteiger partial charge on any atom is -0.396 e. The molecule has 0 atom stereocenters. The Hall–Kier alpha value is -4.75. The summed E-state index contributed by atoms with van der Waals surface area (Å²) in [5, 5.41) is 9.18. The van der Waals surface area contributed by atoms with E-state index in [2.05, 4.69) is 62.4 Å². The van der Waals surface area contributed by atoms with Gasteiger partial charge in [0.15, 0.2) is 0 Å². The molecule has 0 unspecified atom stereocenters. The monoisotopic (exact) mass is 470 g/mol. The van der Waals surface area contributed by atoms with Gasteiger partial charge in [-0.25, -0.2) is 15.0 Å². The zero-order valence-electron chi connectivity index (χ0n) is 19.3. The van der Waals surface area contributed by atoms with E-state index in [1.165, 1.54) is 5.56 Å². The Morgan fingerprint density at radius 2 is 1.06 bits per heavy atom. The Morgan fingerprint density at radius 3 is 1.67 bits per heavy atom. The summed E-state index contributed by atoms with van der Waals surface area (Å²) in [6, 6.07) is 28.8. The summed E-state index contributed by atoms with van der Waals surface area (Å²) in [6.07, 6.45) is 0.507. The molecular formula is C29H22N6O. The van der Waals surface area contributed by atoms with E-state index in [0.717, 1.165) is 67.3 Å². The van der Waals surface area contributed by atoms with Gasteiger partial charge in [-0.15, -0.1) is 0 Å². The molecule has 7 nitrogen and oxygen atoms in total. The van der Waals surface area contributed by atoms with Crippen molar-refractivity contribution >= 4 is 33.1 Å². The number of aliphatic hydroxyl groups is 1. The second-order valence-corrected chi connectivity index (χ2v) is 8.89. The minimum absolute atomic E-state index is 0.0675. The van der Waals surface area contributed by atoms with E-state index in [1.54, 1.807) is 0 Å². The molecule has 0 amide bonds. The molecular weight excluding hydrogens is 448 g/mol. The SMILES string of the molecule is OCCc1nc2cc(-c3nc4cc(-c5nc6cc(-c7ccccc7)ccc6[nH]5)ccc4[nH]3)ccc2[nH]1. The molecule has 0 bridgehead atoms. The van der Waals surface area contributed by atoms with E-state index in [9.17, 15) is 5.11 Å². The molecule has 0 saturated heterocycles. The molecule has 0 spiro atoms. The summed E-state index contributed by atoms with van der Waals surface area (Å²) >= 11 is 0. The predicted molar refractivity (Wildman–Crippen MR) is 142 cm³/mol. The van der Waals surface area contributed by atoms with Gasteiger partial charge in [-0.3, -0.25) is 0 Å². The van der Waals surface area contributed by atoms with Gasteiger partial charge < -0.3 is 20.1 Å². The first-order valence-corrected chi connectivity index (χ1v) is 11.9. The third kappa shape index (κ3) is 3.54. The molecule has 7 heteroatoms. The van der Waals surface area contributed by atoms with E-state index < -0.39 is 0 Å². The number of nitrogens with one attached hydrogen (secondary N) is 3. The Balaban J connectivity index is 1.23. The lowest BCUT2D eigenvalue weighted by Gasteiger charge is -2.00. The van der Waals surface area contributed by atoms with Crippen molar-refractivity contribution in [3.05, 3.63) is 90.8 Å². The topological polar surface area (TPSA) is 106 Å². The van der Waals surface area contributed by atoms with E-state index in [1.807, 2.05) is 42.5 Å². The van der Waals surface area contributed by atoms with Crippen LogP contribution >= 0.6 is 0 Å². The smallest absolute Gasteiger partial charge is 0.138 e. The van der Waals surface area contributed by atoms with Crippen molar-refractivity contribution in [3.63, 3.8) is 0 Å². The van der Waals surface area contributed by atoms with Crippen molar-refractivity contribution in [1.29, 1.82) is 0 Å². The van der Waals surface area contributed by atoms with Crippen LogP contribution in [0.2, 0.25) is 0 Å². The number of benzene rings is 4. The molecule has 0 aliphatic rings. The van der Waals surface area contributed by atoms with Crippen LogP contribution in [0, 0.1) is 0 Å². The van der Waals surface area contributed by atoms with Crippen LogP contribution in [0.3, 0.4) is 0 Å². The summed E-state index contributed by atoms with van der Waals surface area (Å²) in [6.45, 7) is 0.0675. The standard InChI is InChI=1S/C29H22N6O/c36-13-12-27-30-21-10-7-19(15-24(21)31-27)28-33-23-11-8-20(16-26(23)35-28)29-32-22-9-6-18(14-25(22)34-29)17-4-2-1-3-5-17/h1-11,14-16,36H,12-13H2,(H,30,31)(H,32,34)(H,33,35). The number of imidazole rings is 3. The molecule has 4 N–H and O–H groups in total. The lowest BCUT2D eigenvalue weighted by Crippen LogP contribution is -1.91. The average molecular weight is 471 g/mol. The third-order valence-electron chi connectivity index (χ3n) is 6.50. The lowest BCUT2D eigenvalue weighted by atomic mass is 10.1. The number of aromatic nitrogens is 6. The van der Waals surface area contributed by atoms with Crippen LogP contribution in [0.25, 0.3) is 67.0 Å².